The summed E-state index contributed by atoms with van der Waals surface area (Å²) in [6.45, 7) is 0. The first-order chi connectivity index (χ1) is 9.81. The van der Waals surface area contributed by atoms with E-state index in [4.69, 9.17) is 10.5 Å². The average Bonchev–Trinajstić information content (AvgIpc) is 2.51. The maximum absolute atomic E-state index is 5.82. The van der Waals surface area contributed by atoms with Gasteiger partial charge in [0, 0.05) is 5.69 Å². The fourth-order valence-corrected chi connectivity index (χ4v) is 2.92. The maximum atomic E-state index is 5.82. The van der Waals surface area contributed by atoms with Crippen LogP contribution in [0.2, 0.25) is 0 Å². The standard InChI is InChI=1S/C18H21NO/c19-16-8-12-18(13-9-16)20-17-10-6-15(7-11-17)14-4-2-1-3-5-14/h6-14H,1-5,19H2. The van der Waals surface area contributed by atoms with Crippen molar-refractivity contribution in [1.82, 2.24) is 0 Å². The molecule has 0 radical (unpaired) electrons. The largest absolute Gasteiger partial charge is 0.457 e. The summed E-state index contributed by atoms with van der Waals surface area (Å²) in [5.74, 6) is 2.45. The Hall–Kier alpha value is -1.96. The molecule has 0 aromatic heterocycles. The van der Waals surface area contributed by atoms with E-state index in [2.05, 4.69) is 24.3 Å². The van der Waals surface area contributed by atoms with Crippen LogP contribution in [0, 0.1) is 0 Å². The molecule has 2 N–H and O–H groups in total. The minimum absolute atomic E-state index is 0.745. The molecule has 3 rings (SSSR count). The Morgan fingerprint density at radius 2 is 1.30 bits per heavy atom. The van der Waals surface area contributed by atoms with Gasteiger partial charge in [0.2, 0.25) is 0 Å². The van der Waals surface area contributed by atoms with Gasteiger partial charge in [-0.2, -0.15) is 0 Å². The predicted octanol–water partition coefficient (Wildman–Crippen LogP) is 5.11. The number of hydrogen-bond acceptors (Lipinski definition) is 2. The molecule has 1 aliphatic carbocycles. The Morgan fingerprint density at radius 3 is 1.90 bits per heavy atom. The van der Waals surface area contributed by atoms with Crippen LogP contribution in [0.4, 0.5) is 5.69 Å². The van der Waals surface area contributed by atoms with E-state index in [0.717, 1.165) is 23.1 Å². The van der Waals surface area contributed by atoms with Gasteiger partial charge in [0.25, 0.3) is 0 Å². The zero-order chi connectivity index (χ0) is 13.8. The Labute approximate surface area is 120 Å². The van der Waals surface area contributed by atoms with Crippen molar-refractivity contribution in [2.24, 2.45) is 0 Å². The fourth-order valence-electron chi connectivity index (χ4n) is 2.92. The SMILES string of the molecule is Nc1ccc(Oc2ccc(C3CCCCC3)cc2)cc1. The van der Waals surface area contributed by atoms with Gasteiger partial charge in [-0.25, -0.2) is 0 Å². The molecule has 0 aliphatic heterocycles. The number of nitrogen functional groups attached to an aromatic ring is 1. The lowest BCUT2D eigenvalue weighted by Crippen LogP contribution is -2.04. The molecule has 0 saturated heterocycles. The first kappa shape index (κ1) is 13.0. The summed E-state index contributed by atoms with van der Waals surface area (Å²) in [5.41, 5.74) is 7.87. The minimum atomic E-state index is 0.745. The first-order valence-electron chi connectivity index (χ1n) is 7.44. The van der Waals surface area contributed by atoms with Gasteiger partial charge < -0.3 is 10.5 Å². The van der Waals surface area contributed by atoms with Crippen LogP contribution in [0.5, 0.6) is 11.5 Å². The van der Waals surface area contributed by atoms with Crippen molar-refractivity contribution in [1.29, 1.82) is 0 Å². The lowest BCUT2D eigenvalue weighted by molar-refractivity contribution is 0.442. The smallest absolute Gasteiger partial charge is 0.127 e. The summed E-state index contributed by atoms with van der Waals surface area (Å²) in [6.07, 6.45) is 6.80. The van der Waals surface area contributed by atoms with Crippen molar-refractivity contribution >= 4 is 5.69 Å². The van der Waals surface area contributed by atoms with Gasteiger partial charge in [-0.15, -0.1) is 0 Å². The van der Waals surface area contributed by atoms with Gasteiger partial charge in [0.1, 0.15) is 11.5 Å². The Kier molecular flexibility index (Phi) is 3.91. The van der Waals surface area contributed by atoms with Crippen molar-refractivity contribution in [2.45, 2.75) is 38.0 Å². The average molecular weight is 267 g/mol. The summed E-state index contributed by atoms with van der Waals surface area (Å²) >= 11 is 0. The molecule has 0 spiro atoms. The molecule has 104 valence electrons. The van der Waals surface area contributed by atoms with Crippen molar-refractivity contribution in [3.8, 4) is 11.5 Å². The molecule has 2 aromatic carbocycles. The van der Waals surface area contributed by atoms with Crippen molar-refractivity contribution < 1.29 is 4.74 Å². The van der Waals surface area contributed by atoms with Crippen LogP contribution in [-0.2, 0) is 0 Å². The van der Waals surface area contributed by atoms with Crippen molar-refractivity contribution in [3.63, 3.8) is 0 Å². The number of hydrogen-bond donors (Lipinski definition) is 1. The Balaban J connectivity index is 1.67. The van der Waals surface area contributed by atoms with Gasteiger partial charge in [0.15, 0.2) is 0 Å². The zero-order valence-corrected chi connectivity index (χ0v) is 11.7. The number of ether oxygens (including phenoxy) is 1. The van der Waals surface area contributed by atoms with Gasteiger partial charge in [0.05, 0.1) is 0 Å². The molecule has 2 heteroatoms. The molecule has 0 atom stereocenters. The molecule has 0 amide bonds. The van der Waals surface area contributed by atoms with Crippen LogP contribution in [0.25, 0.3) is 0 Å². The highest BCUT2D eigenvalue weighted by molar-refractivity contribution is 5.43. The van der Waals surface area contributed by atoms with Crippen molar-refractivity contribution in [3.05, 3.63) is 54.1 Å². The van der Waals surface area contributed by atoms with E-state index in [1.807, 2.05) is 24.3 Å². The third-order valence-electron chi connectivity index (χ3n) is 4.07. The van der Waals surface area contributed by atoms with E-state index in [-0.39, 0.29) is 0 Å². The quantitative estimate of drug-likeness (QED) is 0.784. The summed E-state index contributed by atoms with van der Waals surface area (Å²) < 4.78 is 5.82. The van der Waals surface area contributed by atoms with Crippen LogP contribution in [0.15, 0.2) is 48.5 Å². The van der Waals surface area contributed by atoms with E-state index in [1.165, 1.54) is 37.7 Å². The van der Waals surface area contributed by atoms with Crippen LogP contribution >= 0.6 is 0 Å². The van der Waals surface area contributed by atoms with E-state index in [0.29, 0.717) is 0 Å². The molecule has 0 unspecified atom stereocenters. The normalized spacial score (nSPS) is 16.0. The van der Waals surface area contributed by atoms with Crippen LogP contribution in [0.1, 0.15) is 43.6 Å². The third kappa shape index (κ3) is 3.13. The monoisotopic (exact) mass is 267 g/mol. The number of benzene rings is 2. The lowest BCUT2D eigenvalue weighted by Gasteiger charge is -2.22. The number of rotatable bonds is 3. The molecular formula is C18H21NO. The second kappa shape index (κ2) is 6.00. The zero-order valence-electron chi connectivity index (χ0n) is 11.7. The summed E-state index contributed by atoms with van der Waals surface area (Å²) in [5, 5.41) is 0. The Morgan fingerprint density at radius 1 is 0.750 bits per heavy atom. The minimum Gasteiger partial charge on any atom is -0.457 e. The van der Waals surface area contributed by atoms with Crippen LogP contribution in [0.3, 0.4) is 0 Å². The topological polar surface area (TPSA) is 35.2 Å². The number of nitrogens with two attached hydrogens (primary N) is 1. The predicted molar refractivity (Wildman–Crippen MR) is 83.2 cm³/mol. The molecule has 0 heterocycles. The number of anilines is 1. The highest BCUT2D eigenvalue weighted by atomic mass is 16.5. The Bertz CT molecular complexity index is 539. The highest BCUT2D eigenvalue weighted by Gasteiger charge is 2.15. The van der Waals surface area contributed by atoms with Gasteiger partial charge in [-0.3, -0.25) is 0 Å². The van der Waals surface area contributed by atoms with Crippen molar-refractivity contribution in [2.75, 3.05) is 5.73 Å². The van der Waals surface area contributed by atoms with Crippen LogP contribution in [-0.4, -0.2) is 0 Å². The molecule has 1 aliphatic rings. The van der Waals surface area contributed by atoms with E-state index in [9.17, 15) is 0 Å². The third-order valence-corrected chi connectivity index (χ3v) is 4.07. The summed E-state index contributed by atoms with van der Waals surface area (Å²) in [7, 11) is 0. The molecule has 1 saturated carbocycles. The molecule has 2 nitrogen and oxygen atoms in total. The second-order valence-electron chi connectivity index (χ2n) is 5.58. The summed E-state index contributed by atoms with van der Waals surface area (Å²) in [4.78, 5) is 0. The second-order valence-corrected chi connectivity index (χ2v) is 5.58. The van der Waals surface area contributed by atoms with Crippen LogP contribution < -0.4 is 10.5 Å². The van der Waals surface area contributed by atoms with Gasteiger partial charge in [-0.1, -0.05) is 31.4 Å². The fraction of sp³-hybridized carbons (Fsp3) is 0.333. The summed E-state index contributed by atoms with van der Waals surface area (Å²) in [6, 6.07) is 16.1. The highest BCUT2D eigenvalue weighted by Crippen LogP contribution is 2.33. The molecular weight excluding hydrogens is 246 g/mol. The molecule has 0 bridgehead atoms. The first-order valence-corrected chi connectivity index (χ1v) is 7.44. The van der Waals surface area contributed by atoms with E-state index in [1.54, 1.807) is 0 Å². The lowest BCUT2D eigenvalue weighted by atomic mass is 9.84. The van der Waals surface area contributed by atoms with Gasteiger partial charge in [-0.05, 0) is 60.7 Å². The molecule has 20 heavy (non-hydrogen) atoms. The molecule has 2 aromatic rings. The van der Waals surface area contributed by atoms with E-state index >= 15 is 0 Å². The maximum Gasteiger partial charge on any atom is 0.127 e. The van der Waals surface area contributed by atoms with Gasteiger partial charge >= 0.3 is 0 Å². The van der Waals surface area contributed by atoms with E-state index < -0.39 is 0 Å². The molecule has 1 fully saturated rings.